The smallest absolute Gasteiger partial charge is 0.415 e. The first kappa shape index (κ1) is 15.8. The topological polar surface area (TPSA) is 91.2 Å². The third-order valence-corrected chi connectivity index (χ3v) is 2.33. The molecular formula is C13H19N5O2. The predicted molar refractivity (Wildman–Crippen MR) is 76.6 cm³/mol. The number of aromatic nitrogens is 1. The van der Waals surface area contributed by atoms with Gasteiger partial charge < -0.3 is 4.74 Å². The second-order valence-electron chi connectivity index (χ2n) is 5.23. The summed E-state index contributed by atoms with van der Waals surface area (Å²) >= 11 is 0. The maximum absolute atomic E-state index is 11.9. The fraction of sp³-hybridized carbons (Fsp3) is 0.538. The molecule has 0 atom stereocenters. The SMILES string of the molecule is CN(C(=O)OC(C)(C)C)c1cccc(CCN=[N+]=[N-])n1. The molecule has 1 rings (SSSR count). The third kappa shape index (κ3) is 5.16. The molecule has 0 N–H and O–H groups in total. The highest BCUT2D eigenvalue weighted by Gasteiger charge is 2.21. The molecule has 0 fully saturated rings. The van der Waals surface area contributed by atoms with Gasteiger partial charge in [0, 0.05) is 24.2 Å². The molecule has 0 spiro atoms. The van der Waals surface area contributed by atoms with Gasteiger partial charge in [-0.1, -0.05) is 11.2 Å². The minimum Gasteiger partial charge on any atom is -0.443 e. The van der Waals surface area contributed by atoms with Crippen molar-refractivity contribution in [3.63, 3.8) is 0 Å². The van der Waals surface area contributed by atoms with Crippen LogP contribution in [0, 0.1) is 0 Å². The second kappa shape index (κ2) is 6.77. The van der Waals surface area contributed by atoms with Gasteiger partial charge in [-0.05, 0) is 44.9 Å². The van der Waals surface area contributed by atoms with E-state index in [0.29, 0.717) is 18.8 Å². The number of amides is 1. The minimum absolute atomic E-state index is 0.336. The molecule has 1 aromatic rings. The molecular weight excluding hydrogens is 258 g/mol. The number of rotatable bonds is 4. The Kier molecular flexibility index (Phi) is 5.34. The summed E-state index contributed by atoms with van der Waals surface area (Å²) in [5, 5.41) is 3.46. The summed E-state index contributed by atoms with van der Waals surface area (Å²) in [4.78, 5) is 20.3. The van der Waals surface area contributed by atoms with E-state index in [4.69, 9.17) is 10.3 Å². The molecule has 0 aliphatic rings. The van der Waals surface area contributed by atoms with E-state index in [-0.39, 0.29) is 0 Å². The lowest BCUT2D eigenvalue weighted by molar-refractivity contribution is 0.0588. The summed E-state index contributed by atoms with van der Waals surface area (Å²) in [7, 11) is 1.60. The Morgan fingerprint density at radius 1 is 1.50 bits per heavy atom. The second-order valence-corrected chi connectivity index (χ2v) is 5.23. The summed E-state index contributed by atoms with van der Waals surface area (Å²) in [6.45, 7) is 5.76. The summed E-state index contributed by atoms with van der Waals surface area (Å²) in [5.41, 5.74) is 8.44. The Morgan fingerprint density at radius 3 is 2.80 bits per heavy atom. The zero-order valence-corrected chi connectivity index (χ0v) is 12.2. The Labute approximate surface area is 118 Å². The van der Waals surface area contributed by atoms with Crippen molar-refractivity contribution >= 4 is 11.9 Å². The van der Waals surface area contributed by atoms with Gasteiger partial charge in [-0.15, -0.1) is 0 Å². The minimum atomic E-state index is -0.551. The van der Waals surface area contributed by atoms with Gasteiger partial charge in [0.25, 0.3) is 0 Å². The standard InChI is InChI=1S/C13H19N5O2/c1-13(2,3)20-12(19)18(4)11-7-5-6-10(16-11)8-9-15-17-14/h5-7H,8-9H2,1-4H3. The Bertz CT molecular complexity index is 518. The fourth-order valence-electron chi connectivity index (χ4n) is 1.43. The summed E-state index contributed by atoms with van der Waals surface area (Å²) in [6, 6.07) is 5.34. The summed E-state index contributed by atoms with van der Waals surface area (Å²) in [6.07, 6.45) is 0.0669. The molecule has 0 saturated heterocycles. The molecule has 7 nitrogen and oxygen atoms in total. The van der Waals surface area contributed by atoms with E-state index in [1.165, 1.54) is 4.90 Å². The van der Waals surface area contributed by atoms with E-state index in [2.05, 4.69) is 15.0 Å². The highest BCUT2D eigenvalue weighted by molar-refractivity contribution is 5.85. The highest BCUT2D eigenvalue weighted by atomic mass is 16.6. The Balaban J connectivity index is 2.77. The number of pyridine rings is 1. The van der Waals surface area contributed by atoms with Crippen LogP contribution in [0.15, 0.2) is 23.3 Å². The first-order chi connectivity index (χ1) is 9.33. The number of carbonyl (C=O) groups excluding carboxylic acids is 1. The van der Waals surface area contributed by atoms with E-state index >= 15 is 0 Å². The van der Waals surface area contributed by atoms with Gasteiger partial charge in [0.2, 0.25) is 0 Å². The number of carbonyl (C=O) groups is 1. The normalized spacial score (nSPS) is 10.6. The first-order valence-corrected chi connectivity index (χ1v) is 6.27. The van der Waals surface area contributed by atoms with Crippen LogP contribution >= 0.6 is 0 Å². The van der Waals surface area contributed by atoms with Crippen LogP contribution in [0.2, 0.25) is 0 Å². The van der Waals surface area contributed by atoms with Crippen molar-refractivity contribution in [3.05, 3.63) is 34.3 Å². The van der Waals surface area contributed by atoms with E-state index in [1.807, 2.05) is 26.8 Å². The van der Waals surface area contributed by atoms with Crippen molar-refractivity contribution in [2.75, 3.05) is 18.5 Å². The van der Waals surface area contributed by atoms with E-state index < -0.39 is 11.7 Å². The lowest BCUT2D eigenvalue weighted by atomic mass is 10.2. The molecule has 0 aliphatic heterocycles. The predicted octanol–water partition coefficient (Wildman–Crippen LogP) is 3.31. The fourth-order valence-corrected chi connectivity index (χ4v) is 1.43. The molecule has 0 bridgehead atoms. The molecule has 0 aromatic carbocycles. The largest absolute Gasteiger partial charge is 0.443 e. The Hall–Kier alpha value is -2.27. The van der Waals surface area contributed by atoms with Crippen LogP contribution in [0.25, 0.3) is 10.4 Å². The zero-order valence-electron chi connectivity index (χ0n) is 12.2. The summed E-state index contributed by atoms with van der Waals surface area (Å²) in [5.74, 6) is 0.498. The molecule has 0 saturated carbocycles. The molecule has 0 radical (unpaired) electrons. The monoisotopic (exact) mass is 277 g/mol. The number of hydrogen-bond donors (Lipinski definition) is 0. The van der Waals surface area contributed by atoms with Gasteiger partial charge >= 0.3 is 6.09 Å². The van der Waals surface area contributed by atoms with Crippen LogP contribution < -0.4 is 4.90 Å². The van der Waals surface area contributed by atoms with Gasteiger partial charge in [-0.25, -0.2) is 9.78 Å². The van der Waals surface area contributed by atoms with Gasteiger partial charge in [0.1, 0.15) is 11.4 Å². The van der Waals surface area contributed by atoms with Crippen LogP contribution in [0.5, 0.6) is 0 Å². The molecule has 7 heteroatoms. The van der Waals surface area contributed by atoms with Crippen molar-refractivity contribution < 1.29 is 9.53 Å². The third-order valence-electron chi connectivity index (χ3n) is 2.33. The van der Waals surface area contributed by atoms with Crippen LogP contribution in [-0.2, 0) is 11.2 Å². The van der Waals surface area contributed by atoms with Crippen LogP contribution in [-0.4, -0.2) is 30.3 Å². The van der Waals surface area contributed by atoms with Gasteiger partial charge in [-0.2, -0.15) is 0 Å². The molecule has 1 aromatic heterocycles. The number of hydrogen-bond acceptors (Lipinski definition) is 4. The van der Waals surface area contributed by atoms with Crippen molar-refractivity contribution in [3.8, 4) is 0 Å². The average Bonchev–Trinajstić information content (AvgIpc) is 2.36. The quantitative estimate of drug-likeness (QED) is 0.480. The molecule has 0 aliphatic carbocycles. The van der Waals surface area contributed by atoms with Crippen LogP contribution in [0.3, 0.4) is 0 Å². The van der Waals surface area contributed by atoms with Crippen molar-refractivity contribution in [1.29, 1.82) is 0 Å². The van der Waals surface area contributed by atoms with Crippen LogP contribution in [0.1, 0.15) is 26.5 Å². The molecule has 20 heavy (non-hydrogen) atoms. The number of nitrogens with zero attached hydrogens (tertiary/aromatic N) is 5. The lowest BCUT2D eigenvalue weighted by Crippen LogP contribution is -2.34. The van der Waals surface area contributed by atoms with E-state index in [1.54, 1.807) is 19.2 Å². The van der Waals surface area contributed by atoms with Gasteiger partial charge in [-0.3, -0.25) is 4.90 Å². The zero-order chi connectivity index (χ0) is 15.2. The van der Waals surface area contributed by atoms with Crippen molar-refractivity contribution in [1.82, 2.24) is 4.98 Å². The molecule has 1 heterocycles. The first-order valence-electron chi connectivity index (χ1n) is 6.27. The molecule has 108 valence electrons. The molecule has 1 amide bonds. The van der Waals surface area contributed by atoms with Crippen molar-refractivity contribution in [2.45, 2.75) is 32.8 Å². The number of azide groups is 1. The van der Waals surface area contributed by atoms with E-state index in [9.17, 15) is 4.79 Å². The highest BCUT2D eigenvalue weighted by Crippen LogP contribution is 2.15. The number of ether oxygens (including phenoxy) is 1. The number of anilines is 1. The van der Waals surface area contributed by atoms with E-state index in [0.717, 1.165) is 5.69 Å². The molecule has 0 unspecified atom stereocenters. The van der Waals surface area contributed by atoms with Gasteiger partial charge in [0.15, 0.2) is 0 Å². The Morgan fingerprint density at radius 2 is 2.20 bits per heavy atom. The van der Waals surface area contributed by atoms with Crippen molar-refractivity contribution in [2.24, 2.45) is 5.11 Å². The summed E-state index contributed by atoms with van der Waals surface area (Å²) < 4.78 is 5.27. The average molecular weight is 277 g/mol. The van der Waals surface area contributed by atoms with Gasteiger partial charge in [0.05, 0.1) is 0 Å². The lowest BCUT2D eigenvalue weighted by Gasteiger charge is -2.24. The maximum atomic E-state index is 11.9. The van der Waals surface area contributed by atoms with Crippen LogP contribution in [0.4, 0.5) is 10.6 Å². The maximum Gasteiger partial charge on any atom is 0.415 e.